The van der Waals surface area contributed by atoms with Crippen molar-refractivity contribution in [1.82, 2.24) is 19.7 Å². The molecule has 3 heterocycles. The number of carbonyl (C=O) groups excluding carboxylic acids is 2. The maximum absolute atomic E-state index is 13.9. The standard InChI is InChI=1S/C23H26F2N4O4S/c1-12(2)28-8-13(3)9-29-22(33)18-20(31)19(30)16(10-27(18)11-23(28,29)34)21(32)26-7-14-4-5-15(24)6-17(14)25/h4-6,10,12-13,31,34H,7-9,11H2,1-3H3,(H,26,32)/t13-,23?/m1/s1. The second kappa shape index (κ2) is 8.70. The summed E-state index contributed by atoms with van der Waals surface area (Å²) in [5, 5.41) is 13.0. The third kappa shape index (κ3) is 3.96. The monoisotopic (exact) mass is 492 g/mol. The predicted molar refractivity (Wildman–Crippen MR) is 124 cm³/mol. The van der Waals surface area contributed by atoms with E-state index in [0.717, 1.165) is 6.07 Å². The van der Waals surface area contributed by atoms with E-state index in [1.54, 1.807) is 4.90 Å². The molecule has 0 saturated carbocycles. The van der Waals surface area contributed by atoms with Crippen LogP contribution in [0.3, 0.4) is 0 Å². The number of amides is 2. The lowest BCUT2D eigenvalue weighted by atomic mass is 10.00. The summed E-state index contributed by atoms with van der Waals surface area (Å²) in [6, 6.07) is 2.98. The Labute approximate surface area is 200 Å². The van der Waals surface area contributed by atoms with Crippen molar-refractivity contribution in [2.75, 3.05) is 13.1 Å². The van der Waals surface area contributed by atoms with Crippen LogP contribution in [0.5, 0.6) is 5.75 Å². The van der Waals surface area contributed by atoms with Crippen molar-refractivity contribution in [2.24, 2.45) is 5.92 Å². The number of hydrogen-bond donors (Lipinski definition) is 3. The Kier molecular flexibility index (Phi) is 6.19. The highest BCUT2D eigenvalue weighted by Gasteiger charge is 2.52. The van der Waals surface area contributed by atoms with E-state index in [4.69, 9.17) is 12.6 Å². The highest BCUT2D eigenvalue weighted by Crippen LogP contribution is 2.40. The van der Waals surface area contributed by atoms with Gasteiger partial charge in [0.1, 0.15) is 17.2 Å². The van der Waals surface area contributed by atoms with Gasteiger partial charge in [0.2, 0.25) is 5.43 Å². The molecule has 0 spiro atoms. The summed E-state index contributed by atoms with van der Waals surface area (Å²) in [5.74, 6) is -3.67. The van der Waals surface area contributed by atoms with E-state index in [0.29, 0.717) is 19.2 Å². The first-order chi connectivity index (χ1) is 15.9. The fourth-order valence-corrected chi connectivity index (χ4v) is 5.29. The number of benzene rings is 1. The zero-order chi connectivity index (χ0) is 24.9. The van der Waals surface area contributed by atoms with Gasteiger partial charge in [-0.2, -0.15) is 0 Å². The molecule has 1 unspecified atom stereocenters. The number of nitrogens with zero attached hydrogens (tertiary/aromatic N) is 3. The molecule has 0 bridgehead atoms. The van der Waals surface area contributed by atoms with Gasteiger partial charge < -0.3 is 19.9 Å². The fraction of sp³-hybridized carbons (Fsp3) is 0.435. The van der Waals surface area contributed by atoms with Gasteiger partial charge in [0.25, 0.3) is 11.8 Å². The Morgan fingerprint density at radius 1 is 1.29 bits per heavy atom. The molecule has 1 aromatic carbocycles. The van der Waals surface area contributed by atoms with Gasteiger partial charge in [-0.25, -0.2) is 8.78 Å². The second-order valence-corrected chi connectivity index (χ2v) is 9.87. The van der Waals surface area contributed by atoms with Crippen molar-refractivity contribution in [3.63, 3.8) is 0 Å². The van der Waals surface area contributed by atoms with Gasteiger partial charge in [-0.3, -0.25) is 19.3 Å². The predicted octanol–water partition coefficient (Wildman–Crippen LogP) is 2.16. The van der Waals surface area contributed by atoms with Gasteiger partial charge in [0, 0.05) is 43.5 Å². The molecule has 11 heteroatoms. The summed E-state index contributed by atoms with van der Waals surface area (Å²) in [7, 11) is 0. The van der Waals surface area contributed by atoms with E-state index in [1.165, 1.54) is 16.8 Å². The molecule has 182 valence electrons. The lowest BCUT2D eigenvalue weighted by Gasteiger charge is -2.57. The van der Waals surface area contributed by atoms with E-state index >= 15 is 0 Å². The average Bonchev–Trinajstić information content (AvgIpc) is 2.75. The van der Waals surface area contributed by atoms with Crippen molar-refractivity contribution < 1.29 is 23.5 Å². The van der Waals surface area contributed by atoms with Gasteiger partial charge in [0.05, 0.1) is 6.54 Å². The Hall–Kier alpha value is -2.92. The number of halogens is 2. The molecular weight excluding hydrogens is 466 g/mol. The molecule has 2 amide bonds. The molecule has 2 aliphatic rings. The van der Waals surface area contributed by atoms with E-state index in [2.05, 4.69) is 10.2 Å². The van der Waals surface area contributed by atoms with Gasteiger partial charge in [-0.1, -0.05) is 13.0 Å². The minimum Gasteiger partial charge on any atom is -0.503 e. The normalized spacial score (nSPS) is 22.5. The molecule has 2 aromatic rings. The fourth-order valence-electron chi connectivity index (χ4n) is 4.65. The number of hydrogen-bond acceptors (Lipinski definition) is 6. The van der Waals surface area contributed by atoms with E-state index in [9.17, 15) is 28.3 Å². The molecule has 2 atom stereocenters. The Morgan fingerprint density at radius 2 is 2.00 bits per heavy atom. The summed E-state index contributed by atoms with van der Waals surface area (Å²) in [6.45, 7) is 6.91. The van der Waals surface area contributed by atoms with Crippen LogP contribution in [0, 0.1) is 17.6 Å². The topological polar surface area (TPSA) is 94.9 Å². The number of rotatable bonds is 4. The van der Waals surface area contributed by atoms with Crippen LogP contribution in [0.2, 0.25) is 0 Å². The molecule has 0 radical (unpaired) electrons. The third-order valence-electron chi connectivity index (χ3n) is 6.30. The first kappa shape index (κ1) is 24.2. The first-order valence-electron chi connectivity index (χ1n) is 10.9. The zero-order valence-electron chi connectivity index (χ0n) is 19.0. The van der Waals surface area contributed by atoms with Crippen LogP contribution in [-0.2, 0) is 13.1 Å². The number of pyridine rings is 1. The van der Waals surface area contributed by atoms with Crippen molar-refractivity contribution >= 4 is 24.4 Å². The molecular formula is C23H26F2N4O4S. The van der Waals surface area contributed by atoms with Crippen molar-refractivity contribution in [3.05, 3.63) is 63.1 Å². The maximum atomic E-state index is 13.9. The number of nitrogens with one attached hydrogen (secondary N) is 1. The average molecular weight is 493 g/mol. The molecule has 4 rings (SSSR count). The number of aromatic nitrogens is 1. The number of aromatic hydroxyl groups is 1. The van der Waals surface area contributed by atoms with Gasteiger partial charge >= 0.3 is 0 Å². The Bertz CT molecular complexity index is 1230. The highest BCUT2D eigenvalue weighted by molar-refractivity contribution is 7.81. The minimum atomic E-state index is -1.02. The van der Waals surface area contributed by atoms with Crippen LogP contribution < -0.4 is 10.7 Å². The smallest absolute Gasteiger partial charge is 0.276 e. The molecule has 34 heavy (non-hydrogen) atoms. The quantitative estimate of drug-likeness (QED) is 0.569. The molecule has 2 N–H and O–H groups in total. The Balaban J connectivity index is 1.69. The van der Waals surface area contributed by atoms with Crippen LogP contribution in [0.1, 0.15) is 47.2 Å². The largest absolute Gasteiger partial charge is 0.503 e. The summed E-state index contributed by atoms with van der Waals surface area (Å²) >= 11 is 4.87. The summed E-state index contributed by atoms with van der Waals surface area (Å²) in [4.78, 5) is 41.5. The van der Waals surface area contributed by atoms with Crippen LogP contribution in [0.15, 0.2) is 29.2 Å². The molecule has 1 aromatic heterocycles. The zero-order valence-corrected chi connectivity index (χ0v) is 19.9. The lowest BCUT2D eigenvalue weighted by molar-refractivity contribution is -0.0613. The molecule has 1 saturated heterocycles. The lowest BCUT2D eigenvalue weighted by Crippen LogP contribution is -2.70. The van der Waals surface area contributed by atoms with Crippen molar-refractivity contribution in [1.29, 1.82) is 0 Å². The summed E-state index contributed by atoms with van der Waals surface area (Å²) < 4.78 is 28.4. The number of carbonyl (C=O) groups is 2. The maximum Gasteiger partial charge on any atom is 0.276 e. The molecule has 1 fully saturated rings. The first-order valence-corrected chi connectivity index (χ1v) is 11.4. The number of thiol groups is 1. The SMILES string of the molecule is CC(C)N1C[C@@H](C)CN2C(=O)c3c(O)c(=O)c(C(=O)NCc4ccc(F)cc4F)cn3CC21S. The highest BCUT2D eigenvalue weighted by atomic mass is 32.1. The molecule has 8 nitrogen and oxygen atoms in total. The van der Waals surface area contributed by atoms with Crippen LogP contribution in [-0.4, -0.2) is 55.4 Å². The number of fused-ring (bicyclic) bond motifs is 2. The summed E-state index contributed by atoms with van der Waals surface area (Å²) in [5.41, 5.74) is -1.58. The van der Waals surface area contributed by atoms with Crippen LogP contribution in [0.25, 0.3) is 0 Å². The van der Waals surface area contributed by atoms with Crippen molar-refractivity contribution in [2.45, 2.75) is 44.9 Å². The van der Waals surface area contributed by atoms with Crippen molar-refractivity contribution in [3.8, 4) is 5.75 Å². The minimum absolute atomic E-state index is 0.0288. The second-order valence-electron chi connectivity index (χ2n) is 9.16. The Morgan fingerprint density at radius 3 is 2.65 bits per heavy atom. The molecule has 2 aliphatic heterocycles. The van der Waals surface area contributed by atoms with E-state index in [1.807, 2.05) is 20.8 Å². The van der Waals surface area contributed by atoms with Crippen LogP contribution >= 0.6 is 12.6 Å². The summed E-state index contributed by atoms with van der Waals surface area (Å²) in [6.07, 6.45) is 1.22. The van der Waals surface area contributed by atoms with Gasteiger partial charge in [-0.15, -0.1) is 12.6 Å². The van der Waals surface area contributed by atoms with E-state index in [-0.39, 0.29) is 36.3 Å². The third-order valence-corrected chi connectivity index (χ3v) is 6.94. The van der Waals surface area contributed by atoms with Gasteiger partial charge in [0.15, 0.2) is 16.4 Å². The molecule has 0 aliphatic carbocycles. The van der Waals surface area contributed by atoms with E-state index < -0.39 is 45.2 Å². The van der Waals surface area contributed by atoms with Crippen LogP contribution in [0.4, 0.5) is 8.78 Å². The van der Waals surface area contributed by atoms with Gasteiger partial charge in [-0.05, 0) is 25.8 Å².